The van der Waals surface area contributed by atoms with Crippen LogP contribution in [0.2, 0.25) is 0 Å². The standard InChI is InChI=1S/C9H14N2O/c1-7-2-3-9(7)10-6-8-4-5-11-12-8/h4-5,7,9-10H,2-3,6H2,1H3. The smallest absolute Gasteiger partial charge is 0.150 e. The molecule has 1 fully saturated rings. The van der Waals surface area contributed by atoms with Gasteiger partial charge in [0.2, 0.25) is 0 Å². The first-order valence-electron chi connectivity index (χ1n) is 4.49. The maximum Gasteiger partial charge on any atom is 0.150 e. The number of nitrogens with one attached hydrogen (secondary N) is 1. The Hall–Kier alpha value is -0.830. The molecule has 2 rings (SSSR count). The minimum Gasteiger partial charge on any atom is -0.360 e. The summed E-state index contributed by atoms with van der Waals surface area (Å²) in [6.07, 6.45) is 4.34. The second kappa shape index (κ2) is 3.27. The SMILES string of the molecule is CC1CCC1NCc1ccno1. The van der Waals surface area contributed by atoms with Crippen LogP contribution in [0, 0.1) is 5.92 Å². The van der Waals surface area contributed by atoms with Crippen LogP contribution in [0.25, 0.3) is 0 Å². The van der Waals surface area contributed by atoms with E-state index in [2.05, 4.69) is 17.4 Å². The molecule has 66 valence electrons. The third-order valence-electron chi connectivity index (χ3n) is 2.65. The molecule has 3 nitrogen and oxygen atoms in total. The van der Waals surface area contributed by atoms with E-state index in [1.165, 1.54) is 12.8 Å². The van der Waals surface area contributed by atoms with Gasteiger partial charge in [-0.15, -0.1) is 0 Å². The molecule has 0 amide bonds. The topological polar surface area (TPSA) is 38.1 Å². The van der Waals surface area contributed by atoms with E-state index >= 15 is 0 Å². The Bertz CT molecular complexity index is 233. The molecule has 2 unspecified atom stereocenters. The fraction of sp³-hybridized carbons (Fsp3) is 0.667. The summed E-state index contributed by atoms with van der Waals surface area (Å²) in [5.74, 6) is 1.75. The number of hydrogen-bond donors (Lipinski definition) is 1. The Morgan fingerprint density at radius 1 is 1.67 bits per heavy atom. The fourth-order valence-electron chi connectivity index (χ4n) is 1.53. The first kappa shape index (κ1) is 7.80. The number of aromatic nitrogens is 1. The Balaban J connectivity index is 1.75. The van der Waals surface area contributed by atoms with Gasteiger partial charge in [0.25, 0.3) is 0 Å². The van der Waals surface area contributed by atoms with Crippen molar-refractivity contribution in [1.29, 1.82) is 0 Å². The van der Waals surface area contributed by atoms with Gasteiger partial charge in [-0.1, -0.05) is 12.1 Å². The Labute approximate surface area is 72.1 Å². The van der Waals surface area contributed by atoms with Crippen molar-refractivity contribution >= 4 is 0 Å². The molecule has 0 aliphatic heterocycles. The molecule has 2 atom stereocenters. The molecule has 3 heteroatoms. The highest BCUT2D eigenvalue weighted by molar-refractivity contribution is 4.94. The molecule has 1 N–H and O–H groups in total. The van der Waals surface area contributed by atoms with Crippen LogP contribution < -0.4 is 5.32 Å². The molecule has 1 aromatic rings. The third kappa shape index (κ3) is 1.50. The molecule has 1 aromatic heterocycles. The molecular weight excluding hydrogens is 152 g/mol. The molecule has 0 bridgehead atoms. The van der Waals surface area contributed by atoms with E-state index in [1.807, 2.05) is 6.07 Å². The third-order valence-corrected chi connectivity index (χ3v) is 2.65. The van der Waals surface area contributed by atoms with E-state index in [4.69, 9.17) is 4.52 Å². The van der Waals surface area contributed by atoms with Crippen molar-refractivity contribution in [1.82, 2.24) is 10.5 Å². The van der Waals surface area contributed by atoms with Crippen molar-refractivity contribution < 1.29 is 4.52 Å². The maximum atomic E-state index is 4.98. The van der Waals surface area contributed by atoms with Crippen molar-refractivity contribution in [2.75, 3.05) is 0 Å². The molecule has 0 radical (unpaired) electrons. The molecule has 0 saturated heterocycles. The Kier molecular flexibility index (Phi) is 2.13. The molecule has 1 aliphatic rings. The van der Waals surface area contributed by atoms with Crippen LogP contribution in [-0.4, -0.2) is 11.2 Å². The lowest BCUT2D eigenvalue weighted by Gasteiger charge is -2.34. The Morgan fingerprint density at radius 3 is 3.08 bits per heavy atom. The maximum absolute atomic E-state index is 4.98. The van der Waals surface area contributed by atoms with Crippen LogP contribution >= 0.6 is 0 Å². The van der Waals surface area contributed by atoms with E-state index < -0.39 is 0 Å². The number of rotatable bonds is 3. The van der Waals surface area contributed by atoms with Crippen molar-refractivity contribution in [2.24, 2.45) is 5.92 Å². The monoisotopic (exact) mass is 166 g/mol. The normalized spacial score (nSPS) is 28.4. The highest BCUT2D eigenvalue weighted by atomic mass is 16.5. The first-order chi connectivity index (χ1) is 5.86. The summed E-state index contributed by atoms with van der Waals surface area (Å²) < 4.78 is 4.98. The first-order valence-corrected chi connectivity index (χ1v) is 4.49. The predicted molar refractivity (Wildman–Crippen MR) is 45.5 cm³/mol. The number of hydrogen-bond acceptors (Lipinski definition) is 3. The minimum atomic E-state index is 0.690. The van der Waals surface area contributed by atoms with E-state index in [9.17, 15) is 0 Å². The largest absolute Gasteiger partial charge is 0.360 e. The van der Waals surface area contributed by atoms with Gasteiger partial charge in [-0.3, -0.25) is 0 Å². The van der Waals surface area contributed by atoms with E-state index in [0.717, 1.165) is 18.2 Å². The van der Waals surface area contributed by atoms with Crippen molar-refractivity contribution in [2.45, 2.75) is 32.4 Å². The molecule has 1 aliphatic carbocycles. The highest BCUT2D eigenvalue weighted by Gasteiger charge is 2.25. The van der Waals surface area contributed by atoms with Crippen molar-refractivity contribution in [3.05, 3.63) is 18.0 Å². The van der Waals surface area contributed by atoms with Crippen LogP contribution in [-0.2, 0) is 6.54 Å². The number of nitrogens with zero attached hydrogens (tertiary/aromatic N) is 1. The minimum absolute atomic E-state index is 0.690. The van der Waals surface area contributed by atoms with Gasteiger partial charge >= 0.3 is 0 Å². The van der Waals surface area contributed by atoms with Crippen molar-refractivity contribution in [3.8, 4) is 0 Å². The average molecular weight is 166 g/mol. The van der Waals surface area contributed by atoms with Crippen LogP contribution in [0.15, 0.2) is 16.8 Å². The lowest BCUT2D eigenvalue weighted by molar-refractivity contribution is 0.220. The summed E-state index contributed by atoms with van der Waals surface area (Å²) in [4.78, 5) is 0. The zero-order valence-electron chi connectivity index (χ0n) is 7.29. The van der Waals surface area contributed by atoms with Gasteiger partial charge in [-0.2, -0.15) is 0 Å². The van der Waals surface area contributed by atoms with Crippen LogP contribution in [0.5, 0.6) is 0 Å². The molecule has 12 heavy (non-hydrogen) atoms. The van der Waals surface area contributed by atoms with Crippen molar-refractivity contribution in [3.63, 3.8) is 0 Å². The lowest BCUT2D eigenvalue weighted by atomic mass is 9.81. The zero-order chi connectivity index (χ0) is 8.39. The highest BCUT2D eigenvalue weighted by Crippen LogP contribution is 2.26. The van der Waals surface area contributed by atoms with Gasteiger partial charge in [-0.25, -0.2) is 0 Å². The quantitative estimate of drug-likeness (QED) is 0.740. The average Bonchev–Trinajstić information content (AvgIpc) is 2.54. The summed E-state index contributed by atoms with van der Waals surface area (Å²) in [6.45, 7) is 3.09. The van der Waals surface area contributed by atoms with E-state index in [1.54, 1.807) is 6.20 Å². The lowest BCUT2D eigenvalue weighted by Crippen LogP contribution is -2.41. The molecular formula is C9H14N2O. The summed E-state index contributed by atoms with van der Waals surface area (Å²) in [5.41, 5.74) is 0. The van der Waals surface area contributed by atoms with Crippen LogP contribution in [0.4, 0.5) is 0 Å². The second-order valence-electron chi connectivity index (χ2n) is 3.52. The summed E-state index contributed by atoms with van der Waals surface area (Å²) in [7, 11) is 0. The van der Waals surface area contributed by atoms with Crippen LogP contribution in [0.3, 0.4) is 0 Å². The van der Waals surface area contributed by atoms with Gasteiger partial charge < -0.3 is 9.84 Å². The molecule has 0 spiro atoms. The summed E-state index contributed by atoms with van der Waals surface area (Å²) >= 11 is 0. The van der Waals surface area contributed by atoms with Gasteiger partial charge in [-0.05, 0) is 18.8 Å². The van der Waals surface area contributed by atoms with Crippen LogP contribution in [0.1, 0.15) is 25.5 Å². The molecule has 1 saturated carbocycles. The summed E-state index contributed by atoms with van der Waals surface area (Å²) in [5, 5.41) is 7.09. The summed E-state index contributed by atoms with van der Waals surface area (Å²) in [6, 6.07) is 2.59. The van der Waals surface area contributed by atoms with Gasteiger partial charge in [0.15, 0.2) is 0 Å². The second-order valence-corrected chi connectivity index (χ2v) is 3.52. The fourth-order valence-corrected chi connectivity index (χ4v) is 1.53. The molecule has 1 heterocycles. The predicted octanol–water partition coefficient (Wildman–Crippen LogP) is 1.56. The molecule has 0 aromatic carbocycles. The Morgan fingerprint density at radius 2 is 2.58 bits per heavy atom. The van der Waals surface area contributed by atoms with Gasteiger partial charge in [0.05, 0.1) is 12.7 Å². The van der Waals surface area contributed by atoms with Gasteiger partial charge in [0.1, 0.15) is 5.76 Å². The van der Waals surface area contributed by atoms with E-state index in [-0.39, 0.29) is 0 Å². The zero-order valence-corrected chi connectivity index (χ0v) is 7.29. The van der Waals surface area contributed by atoms with E-state index in [0.29, 0.717) is 6.04 Å². The van der Waals surface area contributed by atoms with Gasteiger partial charge in [0, 0.05) is 12.1 Å².